The second-order valence-corrected chi connectivity index (χ2v) is 30.9. The minimum Gasteiger partial charge on any atom is -0.310 e. The van der Waals surface area contributed by atoms with Gasteiger partial charge in [-0.2, -0.15) is 0 Å². The van der Waals surface area contributed by atoms with Crippen LogP contribution in [0.25, 0.3) is 122 Å². The van der Waals surface area contributed by atoms with Crippen LogP contribution >= 0.6 is 0 Å². The molecule has 107 heavy (non-hydrogen) atoms. The molecule has 17 aromatic rings. The van der Waals surface area contributed by atoms with E-state index in [-0.39, 0.29) is 77.3 Å². The molecule has 0 radical (unpaired) electrons. The first-order chi connectivity index (χ1) is 60.3. The van der Waals surface area contributed by atoms with Crippen molar-refractivity contribution in [3.63, 3.8) is 0 Å². The molecular weight excluding hydrogens is 1290 g/mol. The van der Waals surface area contributed by atoms with Gasteiger partial charge in [-0.25, -0.2) is 0 Å². The van der Waals surface area contributed by atoms with Gasteiger partial charge < -0.3 is 18.9 Å². The van der Waals surface area contributed by atoms with Crippen molar-refractivity contribution in [2.24, 2.45) is 0 Å². The van der Waals surface area contributed by atoms with E-state index in [4.69, 9.17) is 2.74 Å². The lowest BCUT2D eigenvalue weighted by Crippen LogP contribution is -2.61. The Morgan fingerprint density at radius 3 is 0.841 bits per heavy atom. The van der Waals surface area contributed by atoms with Gasteiger partial charge in [-0.1, -0.05) is 317 Å². The highest BCUT2D eigenvalue weighted by atomic mass is 15.2. The standard InChI is InChI=1S/C102H83BN4/c1-100(2,3)74-58-83(70-34-18-12-19-35-70)98(84(59-74)71-36-20-13-21-37-71)106-93-64-77(104-89-42-26-22-38-79(89)80-39-23-27-43-90(80)104)54-56-87(93)103-88-57-55-78(105-91-44-28-24-40-81(91)82-41-25-29-45-92(82)105)65-94(88)107(96-63-76(102(7,8)9)62-95(106)97(96)103)99-85(72-50-46-68(47-51-72)66-30-14-10-15-31-66)60-75(101(4,5)6)61-86(99)73-52-48-69(49-53-73)67-32-16-11-17-33-67/h10-65H,1-9H3/i22D,23D,24D,25D,26D,27D,28D,29D,38D,39D,40D,41D,42D,43D,44D,45D,54D,55D,64D,65D. The Balaban J connectivity index is 1.07. The van der Waals surface area contributed by atoms with E-state index in [1.165, 1.54) is 9.13 Å². The van der Waals surface area contributed by atoms with Gasteiger partial charge in [0.2, 0.25) is 0 Å². The van der Waals surface area contributed by atoms with Crippen LogP contribution in [0.1, 0.15) is 106 Å². The first-order valence-corrected chi connectivity index (χ1v) is 36.2. The maximum absolute atomic E-state index is 11.9. The van der Waals surface area contributed by atoms with Crippen molar-refractivity contribution in [1.29, 1.82) is 0 Å². The van der Waals surface area contributed by atoms with E-state index in [1.807, 2.05) is 121 Å². The molecule has 0 N–H and O–H groups in total. The van der Waals surface area contributed by atoms with Gasteiger partial charge in [-0.05, 0) is 179 Å². The highest BCUT2D eigenvalue weighted by Crippen LogP contribution is 2.56. The van der Waals surface area contributed by atoms with E-state index in [2.05, 4.69) is 157 Å². The first kappa shape index (κ1) is 47.1. The van der Waals surface area contributed by atoms with Gasteiger partial charge in [0, 0.05) is 77.9 Å². The van der Waals surface area contributed by atoms with E-state index in [1.54, 1.807) is 12.1 Å². The first-order valence-electron chi connectivity index (χ1n) is 46.2. The molecule has 15 aromatic carbocycles. The average Bonchev–Trinajstić information content (AvgIpc) is 1.66. The second-order valence-electron chi connectivity index (χ2n) is 30.9. The Morgan fingerprint density at radius 2 is 0.533 bits per heavy atom. The Labute approximate surface area is 656 Å². The maximum Gasteiger partial charge on any atom is 0.252 e. The average molecular weight is 1400 g/mol. The van der Waals surface area contributed by atoms with Gasteiger partial charge in [0.1, 0.15) is 0 Å². The largest absolute Gasteiger partial charge is 0.310 e. The molecule has 0 unspecified atom stereocenters. The zero-order chi connectivity index (χ0) is 90.0. The topological polar surface area (TPSA) is 16.3 Å². The van der Waals surface area contributed by atoms with Crippen LogP contribution in [0.15, 0.2) is 339 Å². The molecule has 0 spiro atoms. The van der Waals surface area contributed by atoms with E-state index in [9.17, 15) is 24.7 Å². The van der Waals surface area contributed by atoms with Gasteiger partial charge in [-0.3, -0.25) is 0 Å². The van der Waals surface area contributed by atoms with Crippen LogP contribution in [0.4, 0.5) is 34.1 Å². The molecule has 2 aliphatic rings. The van der Waals surface area contributed by atoms with E-state index >= 15 is 0 Å². The van der Waals surface area contributed by atoms with Crippen molar-refractivity contribution < 1.29 is 27.4 Å². The summed E-state index contributed by atoms with van der Waals surface area (Å²) < 4.78 is 201. The minimum absolute atomic E-state index is 0.0745. The predicted molar refractivity (Wildman–Crippen MR) is 458 cm³/mol. The van der Waals surface area contributed by atoms with Crippen LogP contribution in [0.5, 0.6) is 0 Å². The van der Waals surface area contributed by atoms with Crippen LogP contribution in [0.2, 0.25) is 0 Å². The summed E-state index contributed by atoms with van der Waals surface area (Å²) in [6.07, 6.45) is 0. The number of aromatic nitrogens is 2. The number of rotatable bonds is 10. The lowest BCUT2D eigenvalue weighted by Gasteiger charge is -2.47. The molecule has 5 heteroatoms. The van der Waals surface area contributed by atoms with Gasteiger partial charge in [0.25, 0.3) is 6.71 Å². The van der Waals surface area contributed by atoms with Gasteiger partial charge in [0.15, 0.2) is 0 Å². The monoisotopic (exact) mass is 1390 g/mol. The predicted octanol–water partition coefficient (Wildman–Crippen LogP) is 25.9. The fourth-order valence-corrected chi connectivity index (χ4v) is 15.8. The number of anilines is 6. The van der Waals surface area contributed by atoms with Crippen molar-refractivity contribution in [2.45, 2.75) is 78.6 Å². The molecule has 2 aliphatic heterocycles. The molecular formula is C102H83BN4. The summed E-state index contributed by atoms with van der Waals surface area (Å²) in [6, 6.07) is 60.0. The van der Waals surface area contributed by atoms with Crippen LogP contribution < -0.4 is 26.2 Å². The Morgan fingerprint density at radius 1 is 0.271 bits per heavy atom. The molecule has 0 fully saturated rings. The molecule has 19 rings (SSSR count). The number of para-hydroxylation sites is 4. The van der Waals surface area contributed by atoms with Crippen molar-refractivity contribution in [2.75, 3.05) is 9.80 Å². The van der Waals surface area contributed by atoms with E-state index in [0.29, 0.717) is 56.0 Å². The van der Waals surface area contributed by atoms with Crippen molar-refractivity contribution in [3.8, 4) is 78.1 Å². The molecule has 0 saturated heterocycles. The summed E-state index contributed by atoms with van der Waals surface area (Å²) in [5.41, 5.74) is 11.3. The summed E-state index contributed by atoms with van der Waals surface area (Å²) >= 11 is 0. The molecule has 514 valence electrons. The number of hydrogen-bond donors (Lipinski definition) is 0. The van der Waals surface area contributed by atoms with Crippen molar-refractivity contribution in [3.05, 3.63) is 356 Å². The molecule has 0 atom stereocenters. The summed E-state index contributed by atoms with van der Waals surface area (Å²) in [5.74, 6) is 0. The minimum atomic E-state index is -1.29. The maximum atomic E-state index is 11.9. The highest BCUT2D eigenvalue weighted by Gasteiger charge is 2.47. The van der Waals surface area contributed by atoms with E-state index < -0.39 is 144 Å². The lowest BCUT2D eigenvalue weighted by molar-refractivity contribution is 0.590. The Kier molecular flexibility index (Phi) is 11.1. The fraction of sp³-hybridized carbons (Fsp3) is 0.118. The van der Waals surface area contributed by atoms with Gasteiger partial charge in [0.05, 0.1) is 60.9 Å². The Bertz CT molecular complexity index is 7290. The molecule has 0 aliphatic carbocycles. The number of hydrogen-bond acceptors (Lipinski definition) is 2. The SMILES string of the molecule is [2H]c1cc2c(c([2H])c1-n1c3c([2H])c([2H])c([2H])c([2H])c3c3c([2H])c([2H])c([2H])c([2H])c31)N(c1c(-c3ccccc3)cc(C(C)(C)C)cc1-c1ccccc1)c1cc(C(C)(C)C)cc3c1B2c1cc([2H])c(-n2c4c([2H])c([2H])c([2H])c([2H])c4c4c([2H])c([2H])c([2H])c([2H])c42)c([2H])c1N3c1c(-c2ccc(-c3ccccc3)cc2)cc(C(C)(C)C)cc1-c1ccc(-c2ccccc2)cc1. The normalized spacial score (nSPS) is 15.5. The summed E-state index contributed by atoms with van der Waals surface area (Å²) in [6.45, 7) is 17.8. The quantitative estimate of drug-likeness (QED) is 0.127. The molecule has 4 heterocycles. The van der Waals surface area contributed by atoms with Crippen LogP contribution in [0, 0.1) is 0 Å². The molecule has 0 bridgehead atoms. The van der Waals surface area contributed by atoms with Crippen molar-refractivity contribution in [1.82, 2.24) is 9.13 Å². The molecule has 0 amide bonds. The fourth-order valence-electron chi connectivity index (χ4n) is 15.8. The third kappa shape index (κ3) is 11.0. The van der Waals surface area contributed by atoms with Gasteiger partial charge >= 0.3 is 0 Å². The summed E-state index contributed by atoms with van der Waals surface area (Å²) in [5, 5.41) is -1.09. The number of benzene rings is 15. The summed E-state index contributed by atoms with van der Waals surface area (Å²) in [4.78, 5) is 4.12. The number of fused-ring (bicyclic) bond motifs is 10. The van der Waals surface area contributed by atoms with Crippen LogP contribution in [0.3, 0.4) is 0 Å². The van der Waals surface area contributed by atoms with Crippen LogP contribution in [-0.4, -0.2) is 15.8 Å². The van der Waals surface area contributed by atoms with Crippen molar-refractivity contribution >= 4 is 101 Å². The molecule has 2 aromatic heterocycles. The third-order valence-electron chi connectivity index (χ3n) is 21.3. The third-order valence-corrected chi connectivity index (χ3v) is 21.3. The Hall–Kier alpha value is -12.4. The summed E-state index contributed by atoms with van der Waals surface area (Å²) in [7, 11) is 0. The van der Waals surface area contributed by atoms with E-state index in [0.717, 1.165) is 55.6 Å². The molecule has 4 nitrogen and oxygen atoms in total. The zero-order valence-electron chi connectivity index (χ0n) is 80.7. The number of nitrogens with zero attached hydrogens (tertiary/aromatic N) is 4. The second kappa shape index (κ2) is 25.1. The smallest absolute Gasteiger partial charge is 0.252 e. The van der Waals surface area contributed by atoms with Crippen LogP contribution in [-0.2, 0) is 16.2 Å². The zero-order valence-corrected chi connectivity index (χ0v) is 60.7. The highest BCUT2D eigenvalue weighted by molar-refractivity contribution is 7.00. The van der Waals surface area contributed by atoms with Gasteiger partial charge in [-0.15, -0.1) is 0 Å². The molecule has 0 saturated carbocycles. The lowest BCUT2D eigenvalue weighted by atomic mass is 9.33.